The van der Waals surface area contributed by atoms with Gasteiger partial charge in [-0.2, -0.15) is 13.2 Å². The van der Waals surface area contributed by atoms with Gasteiger partial charge in [-0.1, -0.05) is 18.2 Å². The van der Waals surface area contributed by atoms with Crippen LogP contribution in [0.5, 0.6) is 11.5 Å². The number of alkyl halides is 3. The van der Waals surface area contributed by atoms with E-state index in [0.717, 1.165) is 12.1 Å². The molecule has 0 atom stereocenters. The van der Waals surface area contributed by atoms with Crippen LogP contribution in [0.1, 0.15) is 5.56 Å². The molecule has 2 aromatic rings. The van der Waals surface area contributed by atoms with Gasteiger partial charge < -0.3 is 4.74 Å². The van der Waals surface area contributed by atoms with Gasteiger partial charge in [-0.25, -0.2) is 0 Å². The minimum atomic E-state index is -4.50. The van der Waals surface area contributed by atoms with Gasteiger partial charge in [0.15, 0.2) is 0 Å². The third-order valence-electron chi connectivity index (χ3n) is 2.45. The second kappa shape index (κ2) is 5.20. The summed E-state index contributed by atoms with van der Waals surface area (Å²) in [6.45, 7) is 0. The molecule has 0 amide bonds. The van der Waals surface area contributed by atoms with Crippen molar-refractivity contribution >= 4 is 5.69 Å². The van der Waals surface area contributed by atoms with Crippen molar-refractivity contribution in [3.05, 3.63) is 64.2 Å². The molecular formula is C13H8F3NO3. The number of para-hydroxylation sites is 2. The molecule has 0 aromatic heterocycles. The first-order valence-electron chi connectivity index (χ1n) is 5.46. The summed E-state index contributed by atoms with van der Waals surface area (Å²) >= 11 is 0. The van der Waals surface area contributed by atoms with E-state index in [0.29, 0.717) is 0 Å². The highest BCUT2D eigenvalue weighted by Gasteiger charge is 2.30. The van der Waals surface area contributed by atoms with Gasteiger partial charge in [0.05, 0.1) is 10.5 Å². The second-order valence-corrected chi connectivity index (χ2v) is 3.85. The maximum Gasteiger partial charge on any atom is 0.416 e. The standard InChI is InChI=1S/C13H8F3NO3/c14-13(15,16)9-4-3-5-10(8-9)20-12-7-2-1-6-11(12)17(18)19/h1-8H. The van der Waals surface area contributed by atoms with Crippen molar-refractivity contribution in [2.45, 2.75) is 6.18 Å². The predicted molar refractivity (Wildman–Crippen MR) is 64.6 cm³/mol. The zero-order valence-electron chi connectivity index (χ0n) is 9.92. The summed E-state index contributed by atoms with van der Waals surface area (Å²) in [6.07, 6.45) is -4.50. The van der Waals surface area contributed by atoms with Crippen LogP contribution in [0.25, 0.3) is 0 Å². The van der Waals surface area contributed by atoms with Crippen LogP contribution in [-0.2, 0) is 6.18 Å². The fourth-order valence-corrected chi connectivity index (χ4v) is 1.56. The third-order valence-corrected chi connectivity index (χ3v) is 2.45. The van der Waals surface area contributed by atoms with Gasteiger partial charge in [0, 0.05) is 6.07 Å². The molecule has 0 N–H and O–H groups in total. The van der Waals surface area contributed by atoms with E-state index in [1.807, 2.05) is 0 Å². The molecule has 0 aliphatic heterocycles. The summed E-state index contributed by atoms with van der Waals surface area (Å²) < 4.78 is 42.8. The minimum Gasteiger partial charge on any atom is -0.450 e. The summed E-state index contributed by atoms with van der Waals surface area (Å²) in [4.78, 5) is 10.1. The zero-order valence-corrected chi connectivity index (χ0v) is 9.92. The van der Waals surface area contributed by atoms with Crippen molar-refractivity contribution in [2.24, 2.45) is 0 Å². The number of nitrogens with zero attached hydrogens (tertiary/aromatic N) is 1. The Balaban J connectivity index is 2.34. The molecule has 0 unspecified atom stereocenters. The van der Waals surface area contributed by atoms with Gasteiger partial charge in [-0.3, -0.25) is 10.1 Å². The summed E-state index contributed by atoms with van der Waals surface area (Å²) in [5.74, 6) is -0.231. The molecule has 0 aliphatic rings. The van der Waals surface area contributed by atoms with Crippen molar-refractivity contribution in [2.75, 3.05) is 0 Å². The van der Waals surface area contributed by atoms with Gasteiger partial charge in [-0.05, 0) is 24.3 Å². The number of rotatable bonds is 3. The van der Waals surface area contributed by atoms with E-state index >= 15 is 0 Å². The molecule has 2 aromatic carbocycles. The molecule has 0 fully saturated rings. The highest BCUT2D eigenvalue weighted by Crippen LogP contribution is 2.35. The first kappa shape index (κ1) is 13.9. The Morgan fingerprint density at radius 1 is 1.05 bits per heavy atom. The molecule has 0 radical (unpaired) electrons. The van der Waals surface area contributed by atoms with E-state index in [4.69, 9.17) is 4.74 Å². The number of halogens is 3. The Kier molecular flexibility index (Phi) is 3.60. The van der Waals surface area contributed by atoms with E-state index in [1.165, 1.54) is 36.4 Å². The number of nitro groups is 1. The topological polar surface area (TPSA) is 52.4 Å². The van der Waals surface area contributed by atoms with Crippen molar-refractivity contribution in [1.82, 2.24) is 0 Å². The Bertz CT molecular complexity index is 641. The molecule has 2 rings (SSSR count). The van der Waals surface area contributed by atoms with Crippen LogP contribution in [0.3, 0.4) is 0 Å². The van der Waals surface area contributed by atoms with Gasteiger partial charge in [0.25, 0.3) is 0 Å². The number of ether oxygens (including phenoxy) is 1. The molecule has 0 bridgehead atoms. The van der Waals surface area contributed by atoms with E-state index < -0.39 is 16.7 Å². The molecule has 0 spiro atoms. The number of hydrogen-bond acceptors (Lipinski definition) is 3. The largest absolute Gasteiger partial charge is 0.450 e. The lowest BCUT2D eigenvalue weighted by Crippen LogP contribution is -2.04. The first-order chi connectivity index (χ1) is 9.38. The number of hydrogen-bond donors (Lipinski definition) is 0. The van der Waals surface area contributed by atoms with Crippen LogP contribution in [0.15, 0.2) is 48.5 Å². The van der Waals surface area contributed by atoms with Crippen LogP contribution in [-0.4, -0.2) is 4.92 Å². The van der Waals surface area contributed by atoms with Gasteiger partial charge in [0.1, 0.15) is 5.75 Å². The molecule has 0 saturated heterocycles. The average molecular weight is 283 g/mol. The SMILES string of the molecule is O=[N+]([O-])c1ccccc1Oc1cccc(C(F)(F)F)c1. The molecule has 0 heterocycles. The van der Waals surface area contributed by atoms with E-state index in [-0.39, 0.29) is 17.2 Å². The number of nitro benzene ring substituents is 1. The predicted octanol–water partition coefficient (Wildman–Crippen LogP) is 4.41. The summed E-state index contributed by atoms with van der Waals surface area (Å²) in [6, 6.07) is 9.62. The van der Waals surface area contributed by atoms with Crippen molar-refractivity contribution in [1.29, 1.82) is 0 Å². The Labute approximate surface area is 111 Å². The second-order valence-electron chi connectivity index (χ2n) is 3.85. The van der Waals surface area contributed by atoms with Gasteiger partial charge in [-0.15, -0.1) is 0 Å². The van der Waals surface area contributed by atoms with Gasteiger partial charge in [0.2, 0.25) is 5.75 Å². The molecule has 104 valence electrons. The molecule has 4 nitrogen and oxygen atoms in total. The number of benzene rings is 2. The monoisotopic (exact) mass is 283 g/mol. The molecular weight excluding hydrogens is 275 g/mol. The van der Waals surface area contributed by atoms with E-state index in [1.54, 1.807) is 0 Å². The minimum absolute atomic E-state index is 0.114. The lowest BCUT2D eigenvalue weighted by molar-refractivity contribution is -0.385. The Morgan fingerprint density at radius 3 is 2.40 bits per heavy atom. The van der Waals surface area contributed by atoms with Gasteiger partial charge >= 0.3 is 11.9 Å². The lowest BCUT2D eigenvalue weighted by Gasteiger charge is -2.10. The fourth-order valence-electron chi connectivity index (χ4n) is 1.56. The zero-order chi connectivity index (χ0) is 14.8. The quantitative estimate of drug-likeness (QED) is 0.619. The van der Waals surface area contributed by atoms with Crippen molar-refractivity contribution in [3.63, 3.8) is 0 Å². The van der Waals surface area contributed by atoms with Crippen LogP contribution in [0.2, 0.25) is 0 Å². The van der Waals surface area contributed by atoms with Crippen molar-refractivity contribution in [3.8, 4) is 11.5 Å². The third kappa shape index (κ3) is 3.05. The summed E-state index contributed by atoms with van der Waals surface area (Å²) in [5, 5.41) is 10.8. The van der Waals surface area contributed by atoms with Crippen LogP contribution < -0.4 is 4.74 Å². The molecule has 20 heavy (non-hydrogen) atoms. The summed E-state index contributed by atoms with van der Waals surface area (Å²) in [5.41, 5.74) is -1.20. The first-order valence-corrected chi connectivity index (χ1v) is 5.46. The molecule has 7 heteroatoms. The molecule has 0 saturated carbocycles. The van der Waals surface area contributed by atoms with E-state index in [9.17, 15) is 23.3 Å². The fraction of sp³-hybridized carbons (Fsp3) is 0.0769. The average Bonchev–Trinajstić information content (AvgIpc) is 2.38. The Morgan fingerprint density at radius 2 is 1.75 bits per heavy atom. The van der Waals surface area contributed by atoms with Crippen molar-refractivity contribution < 1.29 is 22.8 Å². The van der Waals surface area contributed by atoms with Crippen LogP contribution in [0.4, 0.5) is 18.9 Å². The van der Waals surface area contributed by atoms with Crippen LogP contribution in [0, 0.1) is 10.1 Å². The highest BCUT2D eigenvalue weighted by molar-refractivity contribution is 5.48. The van der Waals surface area contributed by atoms with Crippen LogP contribution >= 0.6 is 0 Å². The maximum absolute atomic E-state index is 12.6. The molecule has 0 aliphatic carbocycles. The Hall–Kier alpha value is -2.57. The van der Waals surface area contributed by atoms with E-state index in [2.05, 4.69) is 0 Å². The normalized spacial score (nSPS) is 11.2. The highest BCUT2D eigenvalue weighted by atomic mass is 19.4. The lowest BCUT2D eigenvalue weighted by atomic mass is 10.2. The maximum atomic E-state index is 12.6. The smallest absolute Gasteiger partial charge is 0.416 e. The summed E-state index contributed by atoms with van der Waals surface area (Å²) in [7, 11) is 0.